The number of methoxy groups -OCH3 is 1. The molecule has 2 saturated heterocycles. The molecule has 0 radical (unpaired) electrons. The summed E-state index contributed by atoms with van der Waals surface area (Å²) in [6, 6.07) is 5.52. The number of nitrogens with zero attached hydrogens (tertiary/aromatic N) is 6. The zero-order chi connectivity index (χ0) is 47.3. The summed E-state index contributed by atoms with van der Waals surface area (Å²) in [6.45, 7) is 23.4. The van der Waals surface area contributed by atoms with E-state index in [-0.39, 0.29) is 43.4 Å². The van der Waals surface area contributed by atoms with Gasteiger partial charge in [0.15, 0.2) is 0 Å². The number of rotatable bonds is 12. The van der Waals surface area contributed by atoms with Crippen molar-refractivity contribution in [2.45, 2.75) is 111 Å². The van der Waals surface area contributed by atoms with Crippen LogP contribution in [0.5, 0.6) is 0 Å². The summed E-state index contributed by atoms with van der Waals surface area (Å²) >= 11 is 1.31. The molecule has 0 spiro atoms. The first-order chi connectivity index (χ1) is 31.0. The summed E-state index contributed by atoms with van der Waals surface area (Å²) in [4.78, 5) is 77.8. The van der Waals surface area contributed by atoms with E-state index in [9.17, 15) is 24.0 Å². The molecule has 0 aliphatic carbocycles. The van der Waals surface area contributed by atoms with Crippen LogP contribution in [0, 0.1) is 17.3 Å². The number of ether oxygens (including phenoxy) is 2. The zero-order valence-electron chi connectivity index (χ0n) is 39.4. The molecule has 2 N–H and O–H groups in total. The van der Waals surface area contributed by atoms with Crippen LogP contribution < -0.4 is 10.7 Å². The third-order valence-electron chi connectivity index (χ3n) is 12.8. The van der Waals surface area contributed by atoms with Crippen LogP contribution in [-0.2, 0) is 52.8 Å². The molecule has 350 valence electrons. The Bertz CT molecular complexity index is 2380. The number of cyclic esters (lactones) is 1. The summed E-state index contributed by atoms with van der Waals surface area (Å²) in [5.74, 6) is -2.68. The fourth-order valence-corrected chi connectivity index (χ4v) is 10.2. The van der Waals surface area contributed by atoms with Crippen molar-refractivity contribution in [2.75, 3.05) is 40.4 Å². The molecular formula is C49H66N8O7S. The van der Waals surface area contributed by atoms with Gasteiger partial charge in [-0.3, -0.25) is 34.0 Å². The molecule has 6 rings (SSSR count). The molecule has 3 aromatic rings. The Morgan fingerprint density at radius 2 is 1.89 bits per heavy atom. The lowest BCUT2D eigenvalue weighted by atomic mass is 9.84. The second-order valence-electron chi connectivity index (χ2n) is 18.4. The molecule has 4 amide bonds. The van der Waals surface area contributed by atoms with E-state index in [1.807, 2.05) is 39.8 Å². The predicted octanol–water partition coefficient (Wildman–Crippen LogP) is 5.97. The van der Waals surface area contributed by atoms with Crippen LogP contribution in [0.4, 0.5) is 0 Å². The molecular weight excluding hydrogens is 845 g/mol. The van der Waals surface area contributed by atoms with Gasteiger partial charge in [-0.05, 0) is 99.3 Å². The van der Waals surface area contributed by atoms with E-state index in [1.54, 1.807) is 25.3 Å². The molecule has 16 heteroatoms. The Kier molecular flexibility index (Phi) is 15.7. The van der Waals surface area contributed by atoms with Gasteiger partial charge in [0.05, 0.1) is 40.6 Å². The van der Waals surface area contributed by atoms with Crippen LogP contribution in [0.2, 0.25) is 0 Å². The smallest absolute Gasteiger partial charge is 0.324 e. The lowest BCUT2D eigenvalue weighted by Gasteiger charge is -2.37. The maximum absolute atomic E-state index is 14.6. The molecule has 3 aliphatic rings. The summed E-state index contributed by atoms with van der Waals surface area (Å²) in [5.41, 5.74) is 8.79. The number of benzene rings is 1. The minimum absolute atomic E-state index is 0.0576. The highest BCUT2D eigenvalue weighted by Crippen LogP contribution is 2.41. The molecule has 3 aliphatic heterocycles. The van der Waals surface area contributed by atoms with Crippen molar-refractivity contribution in [1.29, 1.82) is 0 Å². The van der Waals surface area contributed by atoms with Crippen LogP contribution >= 0.6 is 11.5 Å². The number of aryl methyl sites for hydroxylation is 1. The third kappa shape index (κ3) is 10.5. The van der Waals surface area contributed by atoms with Gasteiger partial charge in [0.1, 0.15) is 18.1 Å². The van der Waals surface area contributed by atoms with Crippen molar-refractivity contribution >= 4 is 63.8 Å². The van der Waals surface area contributed by atoms with E-state index in [2.05, 4.69) is 67.4 Å². The highest BCUT2D eigenvalue weighted by atomic mass is 32.1. The number of allylic oxidation sites excluding steroid dienone is 2. The Labute approximate surface area is 387 Å². The fraction of sp³-hybridized carbons (Fsp3) is 0.531. The normalized spacial score (nSPS) is 21.7. The van der Waals surface area contributed by atoms with Gasteiger partial charge >= 0.3 is 5.97 Å². The monoisotopic (exact) mass is 910 g/mol. The molecule has 5 heterocycles. The van der Waals surface area contributed by atoms with E-state index >= 15 is 0 Å². The molecule has 1 aromatic carbocycles. The number of aliphatic imine (C=N–C) groups is 1. The van der Waals surface area contributed by atoms with Crippen molar-refractivity contribution in [3.8, 4) is 10.4 Å². The number of nitrogens with one attached hydrogen (secondary N) is 2. The molecule has 5 atom stereocenters. The molecule has 15 nitrogen and oxygen atoms in total. The molecule has 2 fully saturated rings. The number of esters is 1. The number of fused-ring (bicyclic) bond motifs is 6. The van der Waals surface area contributed by atoms with Gasteiger partial charge in [0.2, 0.25) is 17.7 Å². The van der Waals surface area contributed by atoms with Crippen molar-refractivity contribution in [3.05, 3.63) is 72.2 Å². The average molecular weight is 911 g/mol. The third-order valence-corrected chi connectivity index (χ3v) is 13.7. The first-order valence-electron chi connectivity index (χ1n) is 22.7. The predicted molar refractivity (Wildman–Crippen MR) is 255 cm³/mol. The fourth-order valence-electron chi connectivity index (χ4n) is 9.41. The lowest BCUT2D eigenvalue weighted by Crippen LogP contribution is -2.62. The van der Waals surface area contributed by atoms with Gasteiger partial charge in [-0.25, -0.2) is 5.43 Å². The first kappa shape index (κ1) is 49.0. The van der Waals surface area contributed by atoms with Crippen molar-refractivity contribution in [1.82, 2.24) is 34.5 Å². The van der Waals surface area contributed by atoms with E-state index in [4.69, 9.17) is 18.8 Å². The Morgan fingerprint density at radius 3 is 2.55 bits per heavy atom. The minimum atomic E-state index is -1.09. The van der Waals surface area contributed by atoms with Crippen LogP contribution in [0.3, 0.4) is 0 Å². The van der Waals surface area contributed by atoms with E-state index in [0.29, 0.717) is 51.0 Å². The lowest BCUT2D eigenvalue weighted by molar-refractivity contribution is -0.155. The number of carbonyl (C=O) groups excluding carboxylic acids is 5. The topological polar surface area (TPSA) is 168 Å². The number of hydrogen-bond donors (Lipinski definition) is 2. The van der Waals surface area contributed by atoms with Crippen molar-refractivity contribution < 1.29 is 33.4 Å². The molecule has 65 heavy (non-hydrogen) atoms. The minimum Gasteiger partial charge on any atom is -0.464 e. The molecule has 0 saturated carbocycles. The van der Waals surface area contributed by atoms with Gasteiger partial charge < -0.3 is 29.2 Å². The van der Waals surface area contributed by atoms with Crippen molar-refractivity contribution in [2.24, 2.45) is 22.2 Å². The van der Waals surface area contributed by atoms with Gasteiger partial charge in [-0.15, -0.1) is 0 Å². The number of hydrogen-bond acceptors (Lipinski definition) is 11. The second-order valence-corrected chi connectivity index (χ2v) is 19.2. The summed E-state index contributed by atoms with van der Waals surface area (Å²) in [7, 11) is 3.26. The van der Waals surface area contributed by atoms with Crippen LogP contribution in [-0.4, -0.2) is 124 Å². The number of aromatic nitrogens is 2. The van der Waals surface area contributed by atoms with Crippen molar-refractivity contribution in [3.63, 3.8) is 0 Å². The largest absolute Gasteiger partial charge is 0.464 e. The average Bonchev–Trinajstić information content (AvgIpc) is 4.05. The molecule has 2 aromatic heterocycles. The number of amides is 4. The number of carbonyl (C=O) groups is 5. The van der Waals surface area contributed by atoms with Gasteiger partial charge in [0, 0.05) is 74.9 Å². The maximum Gasteiger partial charge on any atom is 0.324 e. The Hall–Kier alpha value is -5.45. The Morgan fingerprint density at radius 1 is 1.14 bits per heavy atom. The van der Waals surface area contributed by atoms with Gasteiger partial charge in [-0.2, -0.15) is 4.37 Å². The zero-order valence-corrected chi connectivity index (χ0v) is 40.3. The van der Waals surface area contributed by atoms with Crippen LogP contribution in [0.15, 0.2) is 60.3 Å². The maximum atomic E-state index is 14.6. The van der Waals surface area contributed by atoms with Gasteiger partial charge in [0.25, 0.3) is 5.91 Å². The first-order valence-corrected chi connectivity index (χ1v) is 23.5. The van der Waals surface area contributed by atoms with E-state index < -0.39 is 47.2 Å². The van der Waals surface area contributed by atoms with E-state index in [0.717, 1.165) is 43.9 Å². The SMILES string of the molecule is C=CC(=O)N1CC[C@H](C(=O)N(C)[C@H](C(=O)N[C@H]2Cc3cc(sn3)-c3ccc4c(c3)c(c(/C(C=C)=C(/N=C\C)[C@H](C)OC)n4CC)CC(C)(C)COC(=O)[C@@H]3CCCN(N3)C2=O)C(C)C)C1. The summed E-state index contributed by atoms with van der Waals surface area (Å²) in [6.07, 6.45) is 6.58. The Balaban J connectivity index is 1.42. The molecule has 6 bridgehead atoms. The second kappa shape index (κ2) is 20.8. The highest BCUT2D eigenvalue weighted by Gasteiger charge is 2.40. The van der Waals surface area contributed by atoms with Crippen LogP contribution in [0.25, 0.3) is 26.9 Å². The standard InChI is InChI=1S/C49H66N8O7S/c1-12-34(42(50-14-3)30(7)63-11)44-36-26-49(8,9)28-64-48(62)37-17-16-21-57(52-37)47(61)38(24-33-25-40(65-53-33)31-18-19-39(35(36)23-31)56(44)15-4)51-45(59)43(29(5)6)54(10)46(60)32-20-22-55(27-32)41(58)13-2/h12-14,18-19,23,25,29-30,32,37-38,43,52H,1-2,15-17,20-22,24,26-28H2,3-11H3,(H,51,59)/b42-34+,50-14-/t30-,32-,37-,38-,43-/m0/s1. The molecule has 0 unspecified atom stereocenters. The summed E-state index contributed by atoms with van der Waals surface area (Å²) < 4.78 is 19.0. The number of hydrazine groups is 1. The van der Waals surface area contributed by atoms with Crippen LogP contribution in [0.1, 0.15) is 84.7 Å². The number of likely N-dealkylation sites (N-methyl/N-ethyl adjacent to an activating group) is 1. The summed E-state index contributed by atoms with van der Waals surface area (Å²) in [5, 5.41) is 5.45. The van der Waals surface area contributed by atoms with E-state index in [1.165, 1.54) is 27.5 Å². The quantitative estimate of drug-likeness (QED) is 0.0963. The van der Waals surface area contributed by atoms with Gasteiger partial charge in [-0.1, -0.05) is 53.0 Å². The highest BCUT2D eigenvalue weighted by molar-refractivity contribution is 7.09. The number of likely N-dealkylation sites (tertiary alicyclic amines) is 1.